The highest BCUT2D eigenvalue weighted by Gasteiger charge is 2.12. The molecule has 6 heteroatoms. The lowest BCUT2D eigenvalue weighted by molar-refractivity contribution is -0.120. The van der Waals surface area contributed by atoms with Crippen LogP contribution in [-0.4, -0.2) is 30.6 Å². The van der Waals surface area contributed by atoms with Gasteiger partial charge in [-0.2, -0.15) is 5.10 Å². The number of thioether (sulfide) groups is 1. The van der Waals surface area contributed by atoms with Crippen molar-refractivity contribution >= 4 is 23.9 Å². The zero-order valence-electron chi connectivity index (χ0n) is 16.0. The van der Waals surface area contributed by atoms with Gasteiger partial charge in [0.05, 0.1) is 24.7 Å². The lowest BCUT2D eigenvalue weighted by atomic mass is 10.2. The molecule has 0 aliphatic rings. The van der Waals surface area contributed by atoms with E-state index in [1.807, 2.05) is 57.2 Å². The van der Waals surface area contributed by atoms with E-state index in [0.29, 0.717) is 24.7 Å². The molecule has 0 aromatic heterocycles. The van der Waals surface area contributed by atoms with Gasteiger partial charge in [0.15, 0.2) is 11.5 Å². The summed E-state index contributed by atoms with van der Waals surface area (Å²) in [5.41, 5.74) is 4.62. The van der Waals surface area contributed by atoms with E-state index in [4.69, 9.17) is 9.47 Å². The summed E-state index contributed by atoms with van der Waals surface area (Å²) in [5, 5.41) is 3.87. The van der Waals surface area contributed by atoms with Gasteiger partial charge in [-0.1, -0.05) is 30.3 Å². The summed E-state index contributed by atoms with van der Waals surface area (Å²) in [7, 11) is 0. The van der Waals surface area contributed by atoms with Crippen LogP contribution in [0.1, 0.15) is 31.9 Å². The Bertz CT molecular complexity index is 750. The topological polar surface area (TPSA) is 59.9 Å². The molecule has 0 heterocycles. The predicted molar refractivity (Wildman–Crippen MR) is 112 cm³/mol. The van der Waals surface area contributed by atoms with Gasteiger partial charge in [-0.3, -0.25) is 4.79 Å². The van der Waals surface area contributed by atoms with Crippen molar-refractivity contribution in [2.75, 3.05) is 13.2 Å². The Labute approximate surface area is 165 Å². The number of carbonyl (C=O) groups is 1. The van der Waals surface area contributed by atoms with Crippen LogP contribution in [0.3, 0.4) is 0 Å². The second-order valence-corrected chi connectivity index (χ2v) is 7.07. The van der Waals surface area contributed by atoms with Crippen LogP contribution in [0.5, 0.6) is 11.5 Å². The molecule has 27 heavy (non-hydrogen) atoms. The molecule has 0 bridgehead atoms. The molecule has 2 aromatic rings. The molecular formula is C21H26N2O3S. The van der Waals surface area contributed by atoms with Crippen molar-refractivity contribution < 1.29 is 14.3 Å². The Morgan fingerprint density at radius 2 is 1.81 bits per heavy atom. The van der Waals surface area contributed by atoms with E-state index in [9.17, 15) is 4.79 Å². The number of amides is 1. The van der Waals surface area contributed by atoms with E-state index < -0.39 is 0 Å². The first kappa shape index (κ1) is 20.8. The highest BCUT2D eigenvalue weighted by molar-refractivity contribution is 7.99. The molecule has 2 rings (SSSR count). The van der Waals surface area contributed by atoms with Gasteiger partial charge in [0, 0.05) is 5.75 Å². The minimum atomic E-state index is -0.193. The fourth-order valence-corrected chi connectivity index (χ4v) is 3.12. The van der Waals surface area contributed by atoms with Crippen LogP contribution in [0, 0.1) is 0 Å². The summed E-state index contributed by atoms with van der Waals surface area (Å²) in [6, 6.07) is 15.6. The number of ether oxygens (including phenoxy) is 2. The minimum Gasteiger partial charge on any atom is -0.490 e. The molecule has 0 saturated carbocycles. The third-order valence-electron chi connectivity index (χ3n) is 3.67. The van der Waals surface area contributed by atoms with Crippen LogP contribution in [0.25, 0.3) is 0 Å². The molecule has 0 aliphatic heterocycles. The quantitative estimate of drug-likeness (QED) is 0.490. The van der Waals surface area contributed by atoms with Gasteiger partial charge in [0.25, 0.3) is 5.91 Å². The number of benzene rings is 2. The molecule has 5 nitrogen and oxygen atoms in total. The van der Waals surface area contributed by atoms with Gasteiger partial charge in [-0.25, -0.2) is 5.43 Å². The molecule has 0 saturated heterocycles. The van der Waals surface area contributed by atoms with E-state index >= 15 is 0 Å². The standard InChI is InChI=1S/C21H26N2O3S/c1-4-25-19-12-11-18(13-20(19)26-5-2)14-22-23-21(24)16(3)27-15-17-9-7-6-8-10-17/h6-14,16H,4-5,15H2,1-3H3,(H,23,24)/b22-14-/t16-/m0/s1. The largest absolute Gasteiger partial charge is 0.490 e. The second kappa shape index (κ2) is 11.3. The number of hydrogen-bond donors (Lipinski definition) is 1. The van der Waals surface area contributed by atoms with Gasteiger partial charge in [-0.05, 0) is 50.1 Å². The highest BCUT2D eigenvalue weighted by atomic mass is 32.2. The van der Waals surface area contributed by atoms with Gasteiger partial charge in [0.2, 0.25) is 0 Å². The smallest absolute Gasteiger partial charge is 0.252 e. The van der Waals surface area contributed by atoms with Crippen molar-refractivity contribution in [2.24, 2.45) is 5.10 Å². The van der Waals surface area contributed by atoms with Crippen LogP contribution in [0.2, 0.25) is 0 Å². The third-order valence-corrected chi connectivity index (χ3v) is 4.88. The molecule has 0 aliphatic carbocycles. The maximum absolute atomic E-state index is 12.2. The lowest BCUT2D eigenvalue weighted by Crippen LogP contribution is -2.27. The second-order valence-electron chi connectivity index (χ2n) is 5.75. The molecule has 1 atom stereocenters. The monoisotopic (exact) mass is 386 g/mol. The minimum absolute atomic E-state index is 0.122. The molecule has 0 radical (unpaired) electrons. The zero-order valence-corrected chi connectivity index (χ0v) is 16.8. The molecular weight excluding hydrogens is 360 g/mol. The Kier molecular flexibility index (Phi) is 8.71. The normalized spacial score (nSPS) is 12.0. The Morgan fingerprint density at radius 1 is 1.11 bits per heavy atom. The van der Waals surface area contributed by atoms with Gasteiger partial charge >= 0.3 is 0 Å². The third kappa shape index (κ3) is 6.98. The molecule has 1 N–H and O–H groups in total. The Hall–Kier alpha value is -2.47. The van der Waals surface area contributed by atoms with Crippen molar-refractivity contribution in [1.82, 2.24) is 5.43 Å². The summed E-state index contributed by atoms with van der Waals surface area (Å²) in [6.07, 6.45) is 1.60. The Balaban J connectivity index is 1.88. The van der Waals surface area contributed by atoms with Crippen LogP contribution < -0.4 is 14.9 Å². The first-order valence-corrected chi connectivity index (χ1v) is 10.1. The average Bonchev–Trinajstić information content (AvgIpc) is 2.69. The fraction of sp³-hybridized carbons (Fsp3) is 0.333. The van der Waals surface area contributed by atoms with Crippen LogP contribution in [0.15, 0.2) is 53.6 Å². The number of nitrogens with zero attached hydrogens (tertiary/aromatic N) is 1. The van der Waals surface area contributed by atoms with Crippen molar-refractivity contribution in [2.45, 2.75) is 31.8 Å². The van der Waals surface area contributed by atoms with Gasteiger partial charge in [-0.15, -0.1) is 11.8 Å². The summed E-state index contributed by atoms with van der Waals surface area (Å²) >= 11 is 1.58. The molecule has 0 spiro atoms. The lowest BCUT2D eigenvalue weighted by Gasteiger charge is -2.11. The number of rotatable bonds is 10. The van der Waals surface area contributed by atoms with Crippen LogP contribution in [0.4, 0.5) is 0 Å². The number of hydrazone groups is 1. The summed E-state index contributed by atoms with van der Waals surface area (Å²) < 4.78 is 11.1. The molecule has 144 valence electrons. The predicted octanol–water partition coefficient (Wildman–Crippen LogP) is 4.26. The van der Waals surface area contributed by atoms with Crippen LogP contribution >= 0.6 is 11.8 Å². The summed E-state index contributed by atoms with van der Waals surface area (Å²) in [4.78, 5) is 12.2. The zero-order chi connectivity index (χ0) is 19.5. The summed E-state index contributed by atoms with van der Waals surface area (Å²) in [6.45, 7) is 6.85. The average molecular weight is 387 g/mol. The molecule has 1 amide bonds. The first-order chi connectivity index (χ1) is 13.1. The van der Waals surface area contributed by atoms with E-state index in [0.717, 1.165) is 11.3 Å². The van der Waals surface area contributed by atoms with Crippen LogP contribution in [-0.2, 0) is 10.5 Å². The van der Waals surface area contributed by atoms with Crippen molar-refractivity contribution in [1.29, 1.82) is 0 Å². The van der Waals surface area contributed by atoms with E-state index in [2.05, 4.69) is 22.7 Å². The fourth-order valence-electron chi connectivity index (χ4n) is 2.28. The van der Waals surface area contributed by atoms with E-state index in [1.165, 1.54) is 5.56 Å². The van der Waals surface area contributed by atoms with E-state index in [-0.39, 0.29) is 11.2 Å². The van der Waals surface area contributed by atoms with Gasteiger partial charge in [0.1, 0.15) is 0 Å². The SMILES string of the molecule is CCOc1ccc(/C=N\NC(=O)[C@H](C)SCc2ccccc2)cc1OCC. The van der Waals surface area contributed by atoms with Crippen molar-refractivity contribution in [3.63, 3.8) is 0 Å². The maximum atomic E-state index is 12.2. The van der Waals surface area contributed by atoms with E-state index in [1.54, 1.807) is 18.0 Å². The van der Waals surface area contributed by atoms with Crippen molar-refractivity contribution in [3.05, 3.63) is 59.7 Å². The number of nitrogens with one attached hydrogen (secondary N) is 1. The van der Waals surface area contributed by atoms with Gasteiger partial charge < -0.3 is 9.47 Å². The molecule has 2 aromatic carbocycles. The maximum Gasteiger partial charge on any atom is 0.252 e. The number of hydrogen-bond acceptors (Lipinski definition) is 5. The molecule has 0 fully saturated rings. The number of carbonyl (C=O) groups excluding carboxylic acids is 1. The summed E-state index contributed by atoms with van der Waals surface area (Å²) in [5.74, 6) is 2.03. The highest BCUT2D eigenvalue weighted by Crippen LogP contribution is 2.28. The molecule has 0 unspecified atom stereocenters. The van der Waals surface area contributed by atoms with Crippen molar-refractivity contribution in [3.8, 4) is 11.5 Å². The first-order valence-electron chi connectivity index (χ1n) is 9.02. The Morgan fingerprint density at radius 3 is 2.52 bits per heavy atom.